The maximum atomic E-state index is 13.4. The molecule has 3 aromatic rings. The van der Waals surface area contributed by atoms with Gasteiger partial charge in [0, 0.05) is 16.3 Å². The molecule has 0 saturated heterocycles. The zero-order valence-corrected chi connectivity index (χ0v) is 18.9. The lowest BCUT2D eigenvalue weighted by Crippen LogP contribution is -2.39. The van der Waals surface area contributed by atoms with E-state index in [1.165, 1.54) is 22.5 Å². The number of rotatable bonds is 7. The Morgan fingerprint density at radius 3 is 2.74 bits per heavy atom. The molecule has 2 heterocycles. The van der Waals surface area contributed by atoms with Crippen LogP contribution in [0.1, 0.15) is 53.4 Å². The molecule has 2 amide bonds. The molecule has 5 rings (SSSR count). The van der Waals surface area contributed by atoms with Gasteiger partial charge in [0.15, 0.2) is 5.13 Å². The van der Waals surface area contributed by atoms with Gasteiger partial charge < -0.3 is 10.2 Å². The summed E-state index contributed by atoms with van der Waals surface area (Å²) >= 11 is 2.95. The summed E-state index contributed by atoms with van der Waals surface area (Å²) < 4.78 is 0. The number of fused-ring (bicyclic) bond motifs is 1. The first-order chi connectivity index (χ1) is 15.2. The van der Waals surface area contributed by atoms with Crippen molar-refractivity contribution in [1.29, 1.82) is 0 Å². The van der Waals surface area contributed by atoms with Crippen molar-refractivity contribution < 1.29 is 9.59 Å². The summed E-state index contributed by atoms with van der Waals surface area (Å²) in [7, 11) is 0. The Bertz CT molecular complexity index is 1070. The fraction of sp³-hybridized carbons (Fsp3) is 0.375. The zero-order valence-electron chi connectivity index (χ0n) is 17.3. The number of aromatic nitrogens is 1. The van der Waals surface area contributed by atoms with E-state index in [1.807, 2.05) is 22.9 Å². The lowest BCUT2D eigenvalue weighted by Gasteiger charge is -2.36. The summed E-state index contributed by atoms with van der Waals surface area (Å²) in [5.41, 5.74) is 3.42. The van der Waals surface area contributed by atoms with Gasteiger partial charge in [0.05, 0.1) is 24.6 Å². The number of carbonyl (C=O) groups is 2. The minimum Gasteiger partial charge on any atom is -0.332 e. The van der Waals surface area contributed by atoms with Crippen molar-refractivity contribution in [2.75, 3.05) is 5.32 Å². The number of thiophene rings is 1. The first-order valence-electron chi connectivity index (χ1n) is 10.8. The average molecular weight is 452 g/mol. The SMILES string of the molecule is O=C(Cc1cccs1)Nc1nc(CC(=O)N(C2CC2)C2CCCc3ccccc32)cs1. The number of benzene rings is 1. The molecule has 1 fully saturated rings. The highest BCUT2D eigenvalue weighted by atomic mass is 32.1. The van der Waals surface area contributed by atoms with E-state index in [9.17, 15) is 9.59 Å². The minimum atomic E-state index is -0.0758. The number of aryl methyl sites for hydroxylation is 1. The van der Waals surface area contributed by atoms with Gasteiger partial charge in [-0.1, -0.05) is 30.3 Å². The molecule has 2 aromatic heterocycles. The fourth-order valence-corrected chi connectivity index (χ4v) is 5.86. The van der Waals surface area contributed by atoms with E-state index in [-0.39, 0.29) is 24.3 Å². The smallest absolute Gasteiger partial charge is 0.231 e. The van der Waals surface area contributed by atoms with Crippen molar-refractivity contribution in [3.8, 4) is 0 Å². The van der Waals surface area contributed by atoms with Crippen molar-refractivity contribution in [2.24, 2.45) is 0 Å². The summed E-state index contributed by atoms with van der Waals surface area (Å²) in [6.45, 7) is 0. The number of thiazole rings is 1. The van der Waals surface area contributed by atoms with Crippen molar-refractivity contribution >= 4 is 39.6 Å². The number of anilines is 1. The van der Waals surface area contributed by atoms with Crippen LogP contribution in [0, 0.1) is 0 Å². The summed E-state index contributed by atoms with van der Waals surface area (Å²) in [6, 6.07) is 13.0. The number of nitrogens with one attached hydrogen (secondary N) is 1. The summed E-state index contributed by atoms with van der Waals surface area (Å²) in [5.74, 6) is 0.0686. The van der Waals surface area contributed by atoms with Gasteiger partial charge in [-0.3, -0.25) is 9.59 Å². The molecular formula is C24H25N3O2S2. The van der Waals surface area contributed by atoms with E-state index >= 15 is 0 Å². The molecule has 2 aliphatic carbocycles. The van der Waals surface area contributed by atoms with Crippen LogP contribution in [0.3, 0.4) is 0 Å². The highest BCUT2D eigenvalue weighted by Gasteiger charge is 2.39. The molecule has 0 spiro atoms. The third kappa shape index (κ3) is 4.72. The van der Waals surface area contributed by atoms with Gasteiger partial charge in [-0.05, 0) is 54.7 Å². The zero-order chi connectivity index (χ0) is 21.2. The quantitative estimate of drug-likeness (QED) is 0.550. The molecule has 0 radical (unpaired) electrons. The Morgan fingerprint density at radius 1 is 1.06 bits per heavy atom. The molecule has 1 atom stereocenters. The van der Waals surface area contributed by atoms with Crippen LogP contribution in [0.4, 0.5) is 5.13 Å². The number of nitrogens with zero attached hydrogens (tertiary/aromatic N) is 2. The van der Waals surface area contributed by atoms with Crippen molar-refractivity contribution in [3.05, 3.63) is 68.9 Å². The van der Waals surface area contributed by atoms with Crippen LogP contribution in [0.25, 0.3) is 0 Å². The first kappa shape index (κ1) is 20.4. The number of hydrogen-bond acceptors (Lipinski definition) is 5. The van der Waals surface area contributed by atoms with Gasteiger partial charge in [0.1, 0.15) is 0 Å². The van der Waals surface area contributed by atoms with E-state index in [4.69, 9.17) is 0 Å². The van der Waals surface area contributed by atoms with Crippen LogP contribution in [-0.4, -0.2) is 27.7 Å². The topological polar surface area (TPSA) is 62.3 Å². The molecule has 7 heteroatoms. The van der Waals surface area contributed by atoms with Gasteiger partial charge in [0.25, 0.3) is 0 Å². The first-order valence-corrected chi connectivity index (χ1v) is 12.6. The molecule has 0 aliphatic heterocycles. The molecule has 1 N–H and O–H groups in total. The van der Waals surface area contributed by atoms with Crippen LogP contribution < -0.4 is 5.32 Å². The monoisotopic (exact) mass is 451 g/mol. The molecule has 1 aromatic carbocycles. The molecule has 5 nitrogen and oxygen atoms in total. The van der Waals surface area contributed by atoms with E-state index < -0.39 is 0 Å². The second-order valence-corrected chi connectivity index (χ2v) is 10.2. The van der Waals surface area contributed by atoms with Crippen LogP contribution in [0.15, 0.2) is 47.2 Å². The fourth-order valence-electron chi connectivity index (χ4n) is 4.43. The van der Waals surface area contributed by atoms with E-state index in [2.05, 4.69) is 39.5 Å². The van der Waals surface area contributed by atoms with E-state index in [1.54, 1.807) is 11.3 Å². The largest absolute Gasteiger partial charge is 0.332 e. The normalized spacial score (nSPS) is 17.7. The van der Waals surface area contributed by atoms with Crippen LogP contribution in [-0.2, 0) is 28.9 Å². The summed E-state index contributed by atoms with van der Waals surface area (Å²) in [5, 5.41) is 7.28. The molecule has 31 heavy (non-hydrogen) atoms. The van der Waals surface area contributed by atoms with Crippen LogP contribution in [0.5, 0.6) is 0 Å². The van der Waals surface area contributed by atoms with Crippen molar-refractivity contribution in [3.63, 3.8) is 0 Å². The predicted octanol–water partition coefficient (Wildman–Crippen LogP) is 5.00. The Hall–Kier alpha value is -2.51. The molecule has 1 saturated carbocycles. The third-order valence-corrected chi connectivity index (χ3v) is 7.63. The van der Waals surface area contributed by atoms with Crippen molar-refractivity contribution in [2.45, 2.75) is 57.0 Å². The molecule has 1 unspecified atom stereocenters. The minimum absolute atomic E-state index is 0.0758. The van der Waals surface area contributed by atoms with Gasteiger partial charge in [0.2, 0.25) is 11.8 Å². The molecule has 160 valence electrons. The lowest BCUT2D eigenvalue weighted by molar-refractivity contribution is -0.134. The van der Waals surface area contributed by atoms with Gasteiger partial charge in [-0.15, -0.1) is 22.7 Å². The molecular weight excluding hydrogens is 426 g/mol. The maximum absolute atomic E-state index is 13.4. The highest BCUT2D eigenvalue weighted by Crippen LogP contribution is 2.41. The van der Waals surface area contributed by atoms with Gasteiger partial charge in [-0.2, -0.15) is 0 Å². The number of amides is 2. The standard InChI is InChI=1S/C24H25N3O2S2/c28-22(14-19-7-4-12-30-19)26-24-25-17(15-31-24)13-23(29)27(18-10-11-18)21-9-3-6-16-5-1-2-8-20(16)21/h1-2,4-5,7-8,12,15,18,21H,3,6,9-11,13-14H2,(H,25,26,28). The average Bonchev–Trinajstić information content (AvgIpc) is 3.28. The van der Waals surface area contributed by atoms with Crippen LogP contribution in [0.2, 0.25) is 0 Å². The van der Waals surface area contributed by atoms with Gasteiger partial charge in [-0.25, -0.2) is 4.98 Å². The van der Waals surface area contributed by atoms with E-state index in [0.29, 0.717) is 17.6 Å². The number of carbonyl (C=O) groups excluding carboxylic acids is 2. The van der Waals surface area contributed by atoms with E-state index in [0.717, 1.165) is 42.7 Å². The summed E-state index contributed by atoms with van der Waals surface area (Å²) in [4.78, 5) is 33.2. The molecule has 2 aliphatic rings. The second kappa shape index (κ2) is 8.93. The maximum Gasteiger partial charge on any atom is 0.231 e. The molecule has 0 bridgehead atoms. The van der Waals surface area contributed by atoms with Gasteiger partial charge >= 0.3 is 0 Å². The Kier molecular flexibility index (Phi) is 5.87. The number of hydrogen-bond donors (Lipinski definition) is 1. The highest BCUT2D eigenvalue weighted by molar-refractivity contribution is 7.14. The lowest BCUT2D eigenvalue weighted by atomic mass is 9.86. The second-order valence-electron chi connectivity index (χ2n) is 8.26. The Balaban J connectivity index is 1.26. The van der Waals surface area contributed by atoms with Crippen molar-refractivity contribution in [1.82, 2.24) is 9.88 Å². The predicted molar refractivity (Wildman–Crippen MR) is 124 cm³/mol. The summed E-state index contributed by atoms with van der Waals surface area (Å²) in [6.07, 6.45) is 6.06. The van der Waals surface area contributed by atoms with Crippen LogP contribution >= 0.6 is 22.7 Å². The Morgan fingerprint density at radius 2 is 1.94 bits per heavy atom. The third-order valence-electron chi connectivity index (χ3n) is 5.95. The Labute approximate surface area is 190 Å².